The Kier molecular flexibility index (Phi) is 4.48. The SMILES string of the molecule is Cl.O=C(c1ncccc1Br)N1CCC2(CCNC2)C1. The van der Waals surface area contributed by atoms with Gasteiger partial charge in [0.2, 0.25) is 0 Å². The Hall–Kier alpha value is -0.650. The largest absolute Gasteiger partial charge is 0.337 e. The molecule has 0 saturated carbocycles. The number of nitrogens with one attached hydrogen (secondary N) is 1. The lowest BCUT2D eigenvalue weighted by Gasteiger charge is -2.22. The molecule has 3 heterocycles. The Labute approximate surface area is 127 Å². The summed E-state index contributed by atoms with van der Waals surface area (Å²) in [6, 6.07) is 3.69. The molecule has 1 aromatic rings. The second kappa shape index (κ2) is 5.77. The number of likely N-dealkylation sites (tertiary alicyclic amines) is 1. The van der Waals surface area contributed by atoms with Crippen LogP contribution >= 0.6 is 28.3 Å². The molecule has 2 fully saturated rings. The predicted octanol–water partition coefficient (Wildman–Crippen LogP) is 2.09. The van der Waals surface area contributed by atoms with Crippen LogP contribution in [0.2, 0.25) is 0 Å². The number of halogens is 2. The molecule has 1 spiro atoms. The summed E-state index contributed by atoms with van der Waals surface area (Å²) in [7, 11) is 0. The molecule has 0 radical (unpaired) electrons. The molecule has 104 valence electrons. The lowest BCUT2D eigenvalue weighted by atomic mass is 9.87. The number of aromatic nitrogens is 1. The summed E-state index contributed by atoms with van der Waals surface area (Å²) in [4.78, 5) is 18.5. The molecule has 1 amide bonds. The van der Waals surface area contributed by atoms with Gasteiger partial charge < -0.3 is 10.2 Å². The summed E-state index contributed by atoms with van der Waals surface area (Å²) in [5, 5.41) is 3.40. The van der Waals surface area contributed by atoms with Crippen molar-refractivity contribution in [1.82, 2.24) is 15.2 Å². The van der Waals surface area contributed by atoms with E-state index in [1.807, 2.05) is 17.0 Å². The van der Waals surface area contributed by atoms with Crippen molar-refractivity contribution >= 4 is 34.2 Å². The van der Waals surface area contributed by atoms with Gasteiger partial charge in [0.15, 0.2) is 0 Å². The topological polar surface area (TPSA) is 45.2 Å². The van der Waals surface area contributed by atoms with Crippen molar-refractivity contribution in [1.29, 1.82) is 0 Å². The first-order valence-electron chi connectivity index (χ1n) is 6.31. The molecule has 2 aliphatic heterocycles. The van der Waals surface area contributed by atoms with Gasteiger partial charge in [0.1, 0.15) is 5.69 Å². The quantitative estimate of drug-likeness (QED) is 0.847. The van der Waals surface area contributed by atoms with Crippen LogP contribution in [0.3, 0.4) is 0 Å². The number of hydrogen-bond donors (Lipinski definition) is 1. The number of carbonyl (C=O) groups excluding carboxylic acids is 1. The number of rotatable bonds is 1. The zero-order valence-corrected chi connectivity index (χ0v) is 13.0. The lowest BCUT2D eigenvalue weighted by molar-refractivity contribution is 0.0769. The number of pyridine rings is 1. The molecule has 2 saturated heterocycles. The van der Waals surface area contributed by atoms with Crippen LogP contribution in [0.5, 0.6) is 0 Å². The smallest absolute Gasteiger partial charge is 0.273 e. The molecule has 1 atom stereocenters. The van der Waals surface area contributed by atoms with Crippen LogP contribution in [0.25, 0.3) is 0 Å². The van der Waals surface area contributed by atoms with Gasteiger partial charge in [-0.3, -0.25) is 4.79 Å². The van der Waals surface area contributed by atoms with Crippen LogP contribution in [0.1, 0.15) is 23.3 Å². The minimum Gasteiger partial charge on any atom is -0.337 e. The molecule has 4 nitrogen and oxygen atoms in total. The van der Waals surface area contributed by atoms with Crippen LogP contribution < -0.4 is 5.32 Å². The molecule has 1 N–H and O–H groups in total. The first kappa shape index (κ1) is 14.8. The summed E-state index contributed by atoms with van der Waals surface area (Å²) in [6.07, 6.45) is 3.96. The Bertz CT molecular complexity index is 477. The fourth-order valence-corrected chi connectivity index (χ4v) is 3.37. The molecule has 0 aromatic carbocycles. The van der Waals surface area contributed by atoms with Gasteiger partial charge in [-0.15, -0.1) is 12.4 Å². The number of carbonyl (C=O) groups is 1. The van der Waals surface area contributed by atoms with E-state index in [0.29, 0.717) is 11.1 Å². The molecular weight excluding hydrogens is 330 g/mol. The Morgan fingerprint density at radius 2 is 2.32 bits per heavy atom. The summed E-state index contributed by atoms with van der Waals surface area (Å²) in [5.41, 5.74) is 0.845. The van der Waals surface area contributed by atoms with E-state index in [2.05, 4.69) is 26.2 Å². The molecule has 1 unspecified atom stereocenters. The molecule has 0 bridgehead atoms. The fourth-order valence-electron chi connectivity index (χ4n) is 2.95. The Morgan fingerprint density at radius 3 is 3.00 bits per heavy atom. The van der Waals surface area contributed by atoms with Gasteiger partial charge >= 0.3 is 0 Å². The van der Waals surface area contributed by atoms with E-state index in [4.69, 9.17) is 0 Å². The molecule has 3 rings (SSSR count). The van der Waals surface area contributed by atoms with Crippen LogP contribution in [0.15, 0.2) is 22.8 Å². The highest BCUT2D eigenvalue weighted by Crippen LogP contribution is 2.36. The van der Waals surface area contributed by atoms with Crippen molar-refractivity contribution in [2.75, 3.05) is 26.2 Å². The van der Waals surface area contributed by atoms with E-state index in [-0.39, 0.29) is 18.3 Å². The van der Waals surface area contributed by atoms with E-state index in [0.717, 1.165) is 37.1 Å². The third kappa shape index (κ3) is 2.78. The highest BCUT2D eigenvalue weighted by atomic mass is 79.9. The van der Waals surface area contributed by atoms with Crippen LogP contribution in [0.4, 0.5) is 0 Å². The standard InChI is InChI=1S/C13H16BrN3O.ClH/c14-10-2-1-5-16-11(10)12(18)17-7-4-13(9-17)3-6-15-8-13;/h1-2,5,15H,3-4,6-9H2;1H. The minimum absolute atomic E-state index is 0. The van der Waals surface area contributed by atoms with E-state index in [1.54, 1.807) is 6.20 Å². The number of amides is 1. The van der Waals surface area contributed by atoms with Crippen LogP contribution in [0, 0.1) is 5.41 Å². The first-order valence-corrected chi connectivity index (χ1v) is 7.10. The van der Waals surface area contributed by atoms with Crippen molar-refractivity contribution in [2.24, 2.45) is 5.41 Å². The molecule has 2 aliphatic rings. The van der Waals surface area contributed by atoms with Crippen molar-refractivity contribution in [2.45, 2.75) is 12.8 Å². The average Bonchev–Trinajstić information content (AvgIpc) is 3.00. The Morgan fingerprint density at radius 1 is 1.47 bits per heavy atom. The highest BCUT2D eigenvalue weighted by molar-refractivity contribution is 9.10. The first-order chi connectivity index (χ1) is 8.70. The van der Waals surface area contributed by atoms with Gasteiger partial charge in [-0.05, 0) is 47.4 Å². The molecule has 1 aromatic heterocycles. The monoisotopic (exact) mass is 345 g/mol. The number of hydrogen-bond acceptors (Lipinski definition) is 3. The molecule has 19 heavy (non-hydrogen) atoms. The average molecular weight is 347 g/mol. The zero-order chi connectivity index (χ0) is 12.6. The van der Waals surface area contributed by atoms with Gasteiger partial charge in [-0.25, -0.2) is 4.98 Å². The van der Waals surface area contributed by atoms with Gasteiger partial charge in [0, 0.05) is 35.7 Å². The summed E-state index contributed by atoms with van der Waals surface area (Å²) >= 11 is 3.40. The minimum atomic E-state index is 0. The van der Waals surface area contributed by atoms with Crippen molar-refractivity contribution < 1.29 is 4.79 Å². The van der Waals surface area contributed by atoms with E-state index >= 15 is 0 Å². The van der Waals surface area contributed by atoms with Crippen molar-refractivity contribution in [3.63, 3.8) is 0 Å². The van der Waals surface area contributed by atoms with E-state index in [9.17, 15) is 4.79 Å². The van der Waals surface area contributed by atoms with Crippen LogP contribution in [-0.2, 0) is 0 Å². The van der Waals surface area contributed by atoms with Crippen molar-refractivity contribution in [3.8, 4) is 0 Å². The maximum atomic E-state index is 12.4. The third-order valence-corrected chi connectivity index (χ3v) is 4.66. The highest BCUT2D eigenvalue weighted by Gasteiger charge is 2.42. The van der Waals surface area contributed by atoms with Crippen LogP contribution in [-0.4, -0.2) is 42.0 Å². The van der Waals surface area contributed by atoms with Gasteiger partial charge in [-0.2, -0.15) is 0 Å². The van der Waals surface area contributed by atoms with Gasteiger partial charge in [0.25, 0.3) is 5.91 Å². The maximum absolute atomic E-state index is 12.4. The van der Waals surface area contributed by atoms with E-state index < -0.39 is 0 Å². The fraction of sp³-hybridized carbons (Fsp3) is 0.538. The van der Waals surface area contributed by atoms with Gasteiger partial charge in [-0.1, -0.05) is 0 Å². The molecular formula is C13H17BrClN3O. The third-order valence-electron chi connectivity index (χ3n) is 4.02. The summed E-state index contributed by atoms with van der Waals surface area (Å²) in [6.45, 7) is 3.83. The summed E-state index contributed by atoms with van der Waals surface area (Å²) < 4.78 is 0.778. The summed E-state index contributed by atoms with van der Waals surface area (Å²) in [5.74, 6) is 0.0475. The maximum Gasteiger partial charge on any atom is 0.273 e. The molecule has 6 heteroatoms. The second-order valence-electron chi connectivity index (χ2n) is 5.24. The second-order valence-corrected chi connectivity index (χ2v) is 6.09. The lowest BCUT2D eigenvalue weighted by Crippen LogP contribution is -2.33. The normalized spacial score (nSPS) is 25.6. The zero-order valence-electron chi connectivity index (χ0n) is 10.6. The predicted molar refractivity (Wildman–Crippen MR) is 79.6 cm³/mol. The number of nitrogens with zero attached hydrogens (tertiary/aromatic N) is 2. The van der Waals surface area contributed by atoms with Crippen molar-refractivity contribution in [3.05, 3.63) is 28.5 Å². The Balaban J connectivity index is 0.00000133. The van der Waals surface area contributed by atoms with Gasteiger partial charge in [0.05, 0.1) is 0 Å². The molecule has 0 aliphatic carbocycles. The van der Waals surface area contributed by atoms with E-state index in [1.165, 1.54) is 6.42 Å².